The van der Waals surface area contributed by atoms with Crippen molar-refractivity contribution in [2.75, 3.05) is 0 Å². The summed E-state index contributed by atoms with van der Waals surface area (Å²) in [6.07, 6.45) is 3.12. The average molecular weight is 185 g/mol. The molecule has 0 aromatic carbocycles. The molecule has 0 aromatic heterocycles. The Morgan fingerprint density at radius 2 is 1.85 bits per heavy atom. The van der Waals surface area contributed by atoms with Crippen LogP contribution in [0.4, 0.5) is 0 Å². The minimum atomic E-state index is 0.0892. The summed E-state index contributed by atoms with van der Waals surface area (Å²) in [6.45, 7) is 1.85. The van der Waals surface area contributed by atoms with Gasteiger partial charge in [-0.15, -0.1) is 0 Å². The van der Waals surface area contributed by atoms with E-state index in [9.17, 15) is 4.79 Å². The SMILES string of the molecule is CCC(=O)NC1C[C@@H](N)C[C@@H](N)C1. The molecule has 4 nitrogen and oxygen atoms in total. The molecule has 0 bridgehead atoms. The average Bonchev–Trinajstić information content (AvgIpc) is 2.02. The molecule has 1 rings (SSSR count). The van der Waals surface area contributed by atoms with Crippen LogP contribution in [0, 0.1) is 0 Å². The van der Waals surface area contributed by atoms with E-state index < -0.39 is 0 Å². The highest BCUT2D eigenvalue weighted by atomic mass is 16.1. The molecule has 1 aliphatic carbocycles. The first-order valence-corrected chi connectivity index (χ1v) is 4.92. The first-order valence-electron chi connectivity index (χ1n) is 4.92. The summed E-state index contributed by atoms with van der Waals surface area (Å²) < 4.78 is 0. The lowest BCUT2D eigenvalue weighted by molar-refractivity contribution is -0.121. The minimum Gasteiger partial charge on any atom is -0.353 e. The van der Waals surface area contributed by atoms with Crippen molar-refractivity contribution in [3.05, 3.63) is 0 Å². The summed E-state index contributed by atoms with van der Waals surface area (Å²) in [5.41, 5.74) is 11.6. The minimum absolute atomic E-state index is 0.0892. The van der Waals surface area contributed by atoms with Crippen molar-refractivity contribution >= 4 is 5.91 Å². The van der Waals surface area contributed by atoms with Crippen molar-refractivity contribution in [2.24, 2.45) is 11.5 Å². The summed E-state index contributed by atoms with van der Waals surface area (Å²) in [4.78, 5) is 11.1. The van der Waals surface area contributed by atoms with Gasteiger partial charge >= 0.3 is 0 Å². The number of rotatable bonds is 2. The van der Waals surface area contributed by atoms with Crippen molar-refractivity contribution in [3.63, 3.8) is 0 Å². The molecule has 5 N–H and O–H groups in total. The zero-order valence-electron chi connectivity index (χ0n) is 8.12. The molecule has 3 atom stereocenters. The molecular weight excluding hydrogens is 166 g/mol. The molecule has 0 aromatic rings. The Morgan fingerprint density at radius 3 is 2.31 bits per heavy atom. The fraction of sp³-hybridized carbons (Fsp3) is 0.889. The number of hydrogen-bond acceptors (Lipinski definition) is 3. The molecule has 76 valence electrons. The predicted molar refractivity (Wildman–Crippen MR) is 52.0 cm³/mol. The van der Waals surface area contributed by atoms with Crippen molar-refractivity contribution in [1.82, 2.24) is 5.32 Å². The fourth-order valence-electron chi connectivity index (χ4n) is 1.86. The van der Waals surface area contributed by atoms with Crippen LogP contribution in [0.25, 0.3) is 0 Å². The molecule has 1 amide bonds. The van der Waals surface area contributed by atoms with Gasteiger partial charge in [-0.3, -0.25) is 4.79 Å². The van der Waals surface area contributed by atoms with Gasteiger partial charge in [0, 0.05) is 24.5 Å². The number of carbonyl (C=O) groups is 1. The predicted octanol–water partition coefficient (Wildman–Crippen LogP) is -0.280. The zero-order valence-corrected chi connectivity index (χ0v) is 8.12. The van der Waals surface area contributed by atoms with Crippen molar-refractivity contribution < 1.29 is 4.79 Å². The van der Waals surface area contributed by atoms with Crippen LogP contribution < -0.4 is 16.8 Å². The van der Waals surface area contributed by atoms with Crippen LogP contribution in [0.2, 0.25) is 0 Å². The van der Waals surface area contributed by atoms with Gasteiger partial charge in [0.05, 0.1) is 0 Å². The molecule has 13 heavy (non-hydrogen) atoms. The summed E-state index contributed by atoms with van der Waals surface area (Å²) >= 11 is 0. The van der Waals surface area contributed by atoms with Gasteiger partial charge in [0.15, 0.2) is 0 Å². The number of nitrogens with two attached hydrogens (primary N) is 2. The molecule has 1 aliphatic rings. The Hall–Kier alpha value is -0.610. The summed E-state index contributed by atoms with van der Waals surface area (Å²) in [7, 11) is 0. The maximum atomic E-state index is 11.1. The first kappa shape index (κ1) is 10.5. The Morgan fingerprint density at radius 1 is 1.31 bits per heavy atom. The summed E-state index contributed by atoms with van der Waals surface area (Å²) in [5, 5.41) is 2.93. The van der Waals surface area contributed by atoms with Gasteiger partial charge in [-0.05, 0) is 19.3 Å². The third-order valence-electron chi connectivity index (χ3n) is 2.47. The highest BCUT2D eigenvalue weighted by Crippen LogP contribution is 2.16. The van der Waals surface area contributed by atoms with Gasteiger partial charge in [-0.1, -0.05) is 6.92 Å². The molecule has 0 saturated heterocycles. The molecule has 0 spiro atoms. The van der Waals surface area contributed by atoms with Gasteiger partial charge in [0.1, 0.15) is 0 Å². The maximum Gasteiger partial charge on any atom is 0.219 e. The number of hydrogen-bond donors (Lipinski definition) is 3. The molecule has 0 radical (unpaired) electrons. The summed E-state index contributed by atoms with van der Waals surface area (Å²) in [5.74, 6) is 0.0892. The van der Waals surface area contributed by atoms with E-state index in [1.807, 2.05) is 6.92 Å². The van der Waals surface area contributed by atoms with Crippen LogP contribution in [0.5, 0.6) is 0 Å². The lowest BCUT2D eigenvalue weighted by atomic mass is 9.88. The summed E-state index contributed by atoms with van der Waals surface area (Å²) in [6, 6.07) is 0.475. The van der Waals surface area contributed by atoms with E-state index in [4.69, 9.17) is 11.5 Å². The van der Waals surface area contributed by atoms with Gasteiger partial charge in [-0.2, -0.15) is 0 Å². The second kappa shape index (κ2) is 4.58. The van der Waals surface area contributed by atoms with Crippen LogP contribution in [0.15, 0.2) is 0 Å². The van der Waals surface area contributed by atoms with Gasteiger partial charge in [-0.25, -0.2) is 0 Å². The lowest BCUT2D eigenvalue weighted by Gasteiger charge is -2.31. The molecule has 1 fully saturated rings. The lowest BCUT2D eigenvalue weighted by Crippen LogP contribution is -2.48. The third kappa shape index (κ3) is 3.32. The van der Waals surface area contributed by atoms with Gasteiger partial charge in [0.2, 0.25) is 5.91 Å². The monoisotopic (exact) mass is 185 g/mol. The van der Waals surface area contributed by atoms with E-state index in [1.165, 1.54) is 0 Å². The fourth-order valence-corrected chi connectivity index (χ4v) is 1.86. The van der Waals surface area contributed by atoms with E-state index in [1.54, 1.807) is 0 Å². The van der Waals surface area contributed by atoms with Crippen LogP contribution in [-0.2, 0) is 4.79 Å². The third-order valence-corrected chi connectivity index (χ3v) is 2.47. The topological polar surface area (TPSA) is 81.1 Å². The Bertz CT molecular complexity index is 174. The standard InChI is InChI=1S/C9H19N3O/c1-2-9(13)12-8-4-6(10)3-7(11)5-8/h6-8H,2-5,10-11H2,1H3,(H,12,13)/t6-,7+,8?. The van der Waals surface area contributed by atoms with Gasteiger partial charge in [0.25, 0.3) is 0 Å². The van der Waals surface area contributed by atoms with Crippen molar-refractivity contribution in [2.45, 2.75) is 50.7 Å². The van der Waals surface area contributed by atoms with E-state index >= 15 is 0 Å². The van der Waals surface area contributed by atoms with E-state index in [0.717, 1.165) is 19.3 Å². The second-order valence-corrected chi connectivity index (χ2v) is 3.85. The molecular formula is C9H19N3O. The second-order valence-electron chi connectivity index (χ2n) is 3.85. The molecule has 1 unspecified atom stereocenters. The Kier molecular flexibility index (Phi) is 3.69. The van der Waals surface area contributed by atoms with E-state index in [0.29, 0.717) is 6.42 Å². The molecule has 0 heterocycles. The van der Waals surface area contributed by atoms with Crippen LogP contribution in [0.3, 0.4) is 0 Å². The van der Waals surface area contributed by atoms with Crippen LogP contribution in [-0.4, -0.2) is 24.0 Å². The number of nitrogens with one attached hydrogen (secondary N) is 1. The number of amides is 1. The van der Waals surface area contributed by atoms with E-state index in [-0.39, 0.29) is 24.0 Å². The smallest absolute Gasteiger partial charge is 0.219 e. The van der Waals surface area contributed by atoms with Gasteiger partial charge < -0.3 is 16.8 Å². The quantitative estimate of drug-likeness (QED) is 0.553. The molecule has 1 saturated carbocycles. The highest BCUT2D eigenvalue weighted by Gasteiger charge is 2.25. The zero-order chi connectivity index (χ0) is 9.84. The normalized spacial score (nSPS) is 34.2. The largest absolute Gasteiger partial charge is 0.353 e. The maximum absolute atomic E-state index is 11.1. The van der Waals surface area contributed by atoms with Crippen molar-refractivity contribution in [1.29, 1.82) is 0 Å². The molecule has 0 aliphatic heterocycles. The molecule has 4 heteroatoms. The van der Waals surface area contributed by atoms with E-state index in [2.05, 4.69) is 5.32 Å². The highest BCUT2D eigenvalue weighted by molar-refractivity contribution is 5.75. The van der Waals surface area contributed by atoms with Crippen LogP contribution in [0.1, 0.15) is 32.6 Å². The Balaban J connectivity index is 2.37. The Labute approximate surface area is 79.0 Å². The van der Waals surface area contributed by atoms with Crippen LogP contribution >= 0.6 is 0 Å². The first-order chi connectivity index (χ1) is 6.11. The number of carbonyl (C=O) groups excluding carboxylic acids is 1. The van der Waals surface area contributed by atoms with Crippen molar-refractivity contribution in [3.8, 4) is 0 Å².